The molecule has 0 spiro atoms. The first-order chi connectivity index (χ1) is 16.2. The molecule has 0 aliphatic rings. The second-order valence-corrected chi connectivity index (χ2v) is 9.51. The first-order valence-electron chi connectivity index (χ1n) is 10.1. The highest BCUT2D eigenvalue weighted by Crippen LogP contribution is 2.32. The Morgan fingerprint density at radius 2 is 1.74 bits per heavy atom. The van der Waals surface area contributed by atoms with E-state index in [4.69, 9.17) is 21.1 Å². The van der Waals surface area contributed by atoms with Gasteiger partial charge in [0.1, 0.15) is 6.54 Å². The number of amides is 1. The van der Waals surface area contributed by atoms with E-state index in [1.807, 2.05) is 6.92 Å². The highest BCUT2D eigenvalue weighted by atomic mass is 35.5. The predicted molar refractivity (Wildman–Crippen MR) is 132 cm³/mol. The number of halogens is 1. The molecule has 0 atom stereocenters. The number of hydrazone groups is 1. The Morgan fingerprint density at radius 1 is 1.03 bits per heavy atom. The topological polar surface area (TPSA) is 97.3 Å². The van der Waals surface area contributed by atoms with Crippen molar-refractivity contribution < 1.29 is 22.7 Å². The number of carbonyl (C=O) groups is 1. The fourth-order valence-corrected chi connectivity index (χ4v) is 4.70. The number of carbonyl (C=O) groups excluding carboxylic acids is 1. The summed E-state index contributed by atoms with van der Waals surface area (Å²) in [4.78, 5) is 12.6. The number of sulfonamides is 1. The maximum absolute atomic E-state index is 13.6. The largest absolute Gasteiger partial charge is 0.493 e. The van der Waals surface area contributed by atoms with Crippen LogP contribution in [-0.2, 0) is 14.8 Å². The molecule has 0 heterocycles. The number of nitrogens with zero attached hydrogens (tertiary/aromatic N) is 2. The van der Waals surface area contributed by atoms with Crippen LogP contribution >= 0.6 is 11.6 Å². The molecule has 0 saturated heterocycles. The number of hydrogen-bond donors (Lipinski definition) is 1. The summed E-state index contributed by atoms with van der Waals surface area (Å²) in [5.41, 5.74) is 4.32. The number of aryl methyl sites for hydroxylation is 1. The van der Waals surface area contributed by atoms with Gasteiger partial charge in [-0.15, -0.1) is 0 Å². The summed E-state index contributed by atoms with van der Waals surface area (Å²) in [5.74, 6) is 0.0161. The molecule has 34 heavy (non-hydrogen) atoms. The maximum Gasteiger partial charge on any atom is 0.264 e. The molecule has 178 valence electrons. The second kappa shape index (κ2) is 11.0. The Morgan fingerprint density at radius 3 is 2.38 bits per heavy atom. The summed E-state index contributed by atoms with van der Waals surface area (Å²) < 4.78 is 38.5. The zero-order valence-electron chi connectivity index (χ0n) is 18.9. The molecule has 10 heteroatoms. The maximum atomic E-state index is 13.6. The molecule has 0 aliphatic heterocycles. The molecular weight excluding hydrogens is 478 g/mol. The number of nitrogens with one attached hydrogen (secondary N) is 1. The third-order valence-electron chi connectivity index (χ3n) is 4.80. The molecular formula is C24H24ClN3O5S. The van der Waals surface area contributed by atoms with E-state index in [0.29, 0.717) is 22.0 Å². The normalized spacial score (nSPS) is 11.3. The van der Waals surface area contributed by atoms with Crippen molar-refractivity contribution in [2.75, 3.05) is 25.1 Å². The number of hydrogen-bond acceptors (Lipinski definition) is 6. The zero-order valence-corrected chi connectivity index (χ0v) is 20.4. The summed E-state index contributed by atoms with van der Waals surface area (Å²) >= 11 is 5.94. The number of methoxy groups -OCH3 is 2. The van der Waals surface area contributed by atoms with Gasteiger partial charge in [-0.3, -0.25) is 9.10 Å². The van der Waals surface area contributed by atoms with E-state index in [-0.39, 0.29) is 10.6 Å². The summed E-state index contributed by atoms with van der Waals surface area (Å²) in [6.07, 6.45) is 1.42. The number of rotatable bonds is 9. The number of benzene rings is 3. The van der Waals surface area contributed by atoms with Crippen molar-refractivity contribution in [1.29, 1.82) is 0 Å². The van der Waals surface area contributed by atoms with Gasteiger partial charge in [-0.1, -0.05) is 41.4 Å². The Labute approximate surface area is 203 Å². The van der Waals surface area contributed by atoms with Crippen LogP contribution in [0.1, 0.15) is 11.1 Å². The lowest BCUT2D eigenvalue weighted by Crippen LogP contribution is -2.39. The summed E-state index contributed by atoms with van der Waals surface area (Å²) in [5, 5.41) is 4.44. The van der Waals surface area contributed by atoms with Crippen molar-refractivity contribution in [1.82, 2.24) is 5.43 Å². The van der Waals surface area contributed by atoms with Gasteiger partial charge in [0, 0.05) is 11.1 Å². The fourth-order valence-electron chi connectivity index (χ4n) is 3.06. The van der Waals surface area contributed by atoms with Gasteiger partial charge in [-0.05, 0) is 48.9 Å². The van der Waals surface area contributed by atoms with Crippen LogP contribution in [0, 0.1) is 6.92 Å². The molecule has 0 aliphatic carbocycles. The average molecular weight is 502 g/mol. The van der Waals surface area contributed by atoms with E-state index in [1.165, 1.54) is 38.6 Å². The lowest BCUT2D eigenvalue weighted by Gasteiger charge is -2.24. The molecule has 0 unspecified atom stereocenters. The minimum atomic E-state index is -4.13. The van der Waals surface area contributed by atoms with Crippen LogP contribution in [0.4, 0.5) is 5.69 Å². The third-order valence-corrected chi connectivity index (χ3v) is 6.81. The van der Waals surface area contributed by atoms with Crippen LogP contribution in [0.5, 0.6) is 11.5 Å². The van der Waals surface area contributed by atoms with Gasteiger partial charge >= 0.3 is 0 Å². The van der Waals surface area contributed by atoms with Crippen molar-refractivity contribution in [3.8, 4) is 11.5 Å². The SMILES string of the molecule is COc1ccc(S(=O)(=O)N(CC(=O)N/N=C\c2cccc(Cl)c2)c2ccc(C)cc2)cc1OC. The van der Waals surface area contributed by atoms with Crippen LogP contribution in [0.15, 0.2) is 76.7 Å². The van der Waals surface area contributed by atoms with Gasteiger partial charge in [0.2, 0.25) is 0 Å². The molecule has 0 radical (unpaired) electrons. The Bertz CT molecular complexity index is 1290. The van der Waals surface area contributed by atoms with E-state index in [2.05, 4.69) is 10.5 Å². The molecule has 0 bridgehead atoms. The standard InChI is InChI=1S/C24H24ClN3O5S/c1-17-7-9-20(10-8-17)28(16-24(29)27-26-15-18-5-4-6-19(25)13-18)34(30,31)21-11-12-22(32-2)23(14-21)33-3/h4-15H,16H2,1-3H3,(H,27,29)/b26-15-. The van der Waals surface area contributed by atoms with Gasteiger partial charge in [0.15, 0.2) is 11.5 Å². The summed E-state index contributed by atoms with van der Waals surface area (Å²) in [6, 6.07) is 18.0. The Hall–Kier alpha value is -3.56. The van der Waals surface area contributed by atoms with E-state index >= 15 is 0 Å². The smallest absolute Gasteiger partial charge is 0.264 e. The zero-order chi connectivity index (χ0) is 24.7. The summed E-state index contributed by atoms with van der Waals surface area (Å²) in [6.45, 7) is 1.39. The first kappa shape index (κ1) is 25.1. The molecule has 1 amide bonds. The number of anilines is 1. The molecule has 3 aromatic carbocycles. The van der Waals surface area contributed by atoms with Crippen molar-refractivity contribution in [3.63, 3.8) is 0 Å². The molecule has 3 aromatic rings. The van der Waals surface area contributed by atoms with Crippen molar-refractivity contribution in [2.45, 2.75) is 11.8 Å². The van der Waals surface area contributed by atoms with Gasteiger partial charge in [-0.25, -0.2) is 13.8 Å². The molecule has 0 saturated carbocycles. The van der Waals surface area contributed by atoms with Crippen LogP contribution < -0.4 is 19.2 Å². The van der Waals surface area contributed by atoms with Gasteiger partial charge in [0.05, 0.1) is 31.0 Å². The van der Waals surface area contributed by atoms with E-state index in [0.717, 1.165) is 9.87 Å². The molecule has 0 fully saturated rings. The lowest BCUT2D eigenvalue weighted by molar-refractivity contribution is -0.119. The second-order valence-electron chi connectivity index (χ2n) is 7.21. The van der Waals surface area contributed by atoms with Crippen molar-refractivity contribution in [2.24, 2.45) is 5.10 Å². The van der Waals surface area contributed by atoms with Crippen LogP contribution in [0.2, 0.25) is 5.02 Å². The predicted octanol–water partition coefficient (Wildman–Crippen LogP) is 4.01. The van der Waals surface area contributed by atoms with Crippen molar-refractivity contribution >= 4 is 39.4 Å². The van der Waals surface area contributed by atoms with Gasteiger partial charge in [0.25, 0.3) is 15.9 Å². The van der Waals surface area contributed by atoms with E-state index < -0.39 is 22.5 Å². The van der Waals surface area contributed by atoms with Crippen molar-refractivity contribution in [3.05, 3.63) is 82.9 Å². The fraction of sp³-hybridized carbons (Fsp3) is 0.167. The molecule has 3 rings (SSSR count). The van der Waals surface area contributed by atoms with E-state index in [9.17, 15) is 13.2 Å². The van der Waals surface area contributed by atoms with Crippen LogP contribution in [0.25, 0.3) is 0 Å². The van der Waals surface area contributed by atoms with Crippen LogP contribution in [-0.4, -0.2) is 41.3 Å². The quantitative estimate of drug-likeness (QED) is 0.353. The Kier molecular flexibility index (Phi) is 8.14. The highest BCUT2D eigenvalue weighted by molar-refractivity contribution is 7.92. The van der Waals surface area contributed by atoms with Crippen LogP contribution in [0.3, 0.4) is 0 Å². The first-order valence-corrected chi connectivity index (χ1v) is 12.0. The summed E-state index contributed by atoms with van der Waals surface area (Å²) in [7, 11) is -1.26. The molecule has 8 nitrogen and oxygen atoms in total. The number of ether oxygens (including phenoxy) is 2. The minimum absolute atomic E-state index is 0.0547. The van der Waals surface area contributed by atoms with Gasteiger partial charge < -0.3 is 9.47 Å². The monoisotopic (exact) mass is 501 g/mol. The highest BCUT2D eigenvalue weighted by Gasteiger charge is 2.28. The molecule has 1 N–H and O–H groups in total. The average Bonchev–Trinajstić information content (AvgIpc) is 2.82. The molecule has 0 aromatic heterocycles. The third kappa shape index (κ3) is 6.06. The minimum Gasteiger partial charge on any atom is -0.493 e. The Balaban J connectivity index is 1.89. The van der Waals surface area contributed by atoms with E-state index in [1.54, 1.807) is 48.5 Å². The van der Waals surface area contributed by atoms with Gasteiger partial charge in [-0.2, -0.15) is 5.10 Å². The lowest BCUT2D eigenvalue weighted by atomic mass is 10.2.